The largest absolute Gasteiger partial charge is 0.459 e. The fourth-order valence-electron chi connectivity index (χ4n) is 4.21. The van der Waals surface area contributed by atoms with E-state index in [0.29, 0.717) is 5.75 Å². The van der Waals surface area contributed by atoms with Crippen LogP contribution in [0.15, 0.2) is 34.7 Å². The first-order valence-electron chi connectivity index (χ1n) is 9.64. The van der Waals surface area contributed by atoms with E-state index in [-0.39, 0.29) is 29.7 Å². The maximum absolute atomic E-state index is 12.7. The van der Waals surface area contributed by atoms with Crippen LogP contribution < -0.4 is 5.32 Å². The number of piperidine rings is 1. The summed E-state index contributed by atoms with van der Waals surface area (Å²) in [6, 6.07) is 9.75. The van der Waals surface area contributed by atoms with E-state index < -0.39 is 9.84 Å². The minimum absolute atomic E-state index is 0.0221. The highest BCUT2D eigenvalue weighted by atomic mass is 32.2. The van der Waals surface area contributed by atoms with E-state index in [2.05, 4.69) is 10.2 Å². The van der Waals surface area contributed by atoms with E-state index in [1.165, 1.54) is 0 Å². The summed E-state index contributed by atoms with van der Waals surface area (Å²) in [6.07, 6.45) is 2.27. The SMILES string of the molecule is CC(NC(=O)C1CCN(C2CCS(=O)(=O)C2)CC1)c1cc2ccccc2o1. The Hall–Kier alpha value is -1.86. The Bertz CT molecular complexity index is 895. The van der Waals surface area contributed by atoms with Crippen molar-refractivity contribution < 1.29 is 17.6 Å². The van der Waals surface area contributed by atoms with Crippen molar-refractivity contribution in [3.05, 3.63) is 36.1 Å². The molecule has 1 aromatic carbocycles. The molecule has 2 atom stereocenters. The minimum atomic E-state index is -2.86. The number of amides is 1. The van der Waals surface area contributed by atoms with E-state index in [1.54, 1.807) is 0 Å². The van der Waals surface area contributed by atoms with Crippen LogP contribution in [0.3, 0.4) is 0 Å². The fourth-order valence-corrected chi connectivity index (χ4v) is 5.97. The third-order valence-corrected chi connectivity index (χ3v) is 7.61. The van der Waals surface area contributed by atoms with Gasteiger partial charge in [0.15, 0.2) is 9.84 Å². The molecule has 1 aromatic heterocycles. The first-order valence-corrected chi connectivity index (χ1v) is 11.5. The monoisotopic (exact) mass is 390 g/mol. The summed E-state index contributed by atoms with van der Waals surface area (Å²) < 4.78 is 29.2. The molecule has 0 aliphatic carbocycles. The van der Waals surface area contributed by atoms with Crippen molar-refractivity contribution >= 4 is 26.7 Å². The molecule has 0 bridgehead atoms. The number of hydrogen-bond donors (Lipinski definition) is 1. The molecule has 4 rings (SSSR count). The molecule has 2 saturated heterocycles. The molecule has 1 N–H and O–H groups in total. The van der Waals surface area contributed by atoms with Gasteiger partial charge in [-0.3, -0.25) is 9.69 Å². The number of carbonyl (C=O) groups excluding carboxylic acids is 1. The van der Waals surface area contributed by atoms with Gasteiger partial charge in [0.1, 0.15) is 11.3 Å². The predicted octanol–water partition coefficient (Wildman–Crippen LogP) is 2.51. The van der Waals surface area contributed by atoms with Gasteiger partial charge in [0.25, 0.3) is 0 Å². The highest BCUT2D eigenvalue weighted by molar-refractivity contribution is 7.91. The summed E-state index contributed by atoms with van der Waals surface area (Å²) in [5, 5.41) is 4.11. The maximum Gasteiger partial charge on any atom is 0.223 e. The number of likely N-dealkylation sites (tertiary alicyclic amines) is 1. The Morgan fingerprint density at radius 3 is 2.63 bits per heavy atom. The number of nitrogens with one attached hydrogen (secondary N) is 1. The van der Waals surface area contributed by atoms with Gasteiger partial charge in [-0.05, 0) is 51.4 Å². The average molecular weight is 391 g/mol. The molecule has 1 amide bonds. The third kappa shape index (κ3) is 4.04. The molecule has 3 heterocycles. The number of rotatable bonds is 4. The highest BCUT2D eigenvalue weighted by Gasteiger charge is 2.35. The molecule has 2 fully saturated rings. The van der Waals surface area contributed by atoms with Crippen molar-refractivity contribution in [2.24, 2.45) is 5.92 Å². The fraction of sp³-hybridized carbons (Fsp3) is 0.550. The van der Waals surface area contributed by atoms with Gasteiger partial charge < -0.3 is 9.73 Å². The molecule has 0 spiro atoms. The van der Waals surface area contributed by atoms with Crippen LogP contribution in [0.5, 0.6) is 0 Å². The number of benzene rings is 1. The van der Waals surface area contributed by atoms with E-state index in [1.807, 2.05) is 37.3 Å². The minimum Gasteiger partial charge on any atom is -0.459 e. The Morgan fingerprint density at radius 2 is 1.96 bits per heavy atom. The number of carbonyl (C=O) groups is 1. The van der Waals surface area contributed by atoms with Crippen molar-refractivity contribution in [1.29, 1.82) is 0 Å². The second kappa shape index (κ2) is 7.28. The van der Waals surface area contributed by atoms with Crippen molar-refractivity contribution in [2.75, 3.05) is 24.6 Å². The van der Waals surface area contributed by atoms with Crippen LogP contribution >= 0.6 is 0 Å². The Kier molecular flexibility index (Phi) is 4.99. The van der Waals surface area contributed by atoms with Crippen LogP contribution in [0, 0.1) is 5.92 Å². The van der Waals surface area contributed by atoms with Crippen molar-refractivity contribution in [1.82, 2.24) is 10.2 Å². The van der Waals surface area contributed by atoms with Crippen LogP contribution in [-0.4, -0.2) is 49.9 Å². The molecular formula is C20H26N2O4S. The normalized spacial score (nSPS) is 24.9. The van der Waals surface area contributed by atoms with Crippen LogP contribution in [-0.2, 0) is 14.6 Å². The van der Waals surface area contributed by atoms with E-state index in [9.17, 15) is 13.2 Å². The Morgan fingerprint density at radius 1 is 1.22 bits per heavy atom. The van der Waals surface area contributed by atoms with Gasteiger partial charge in [-0.15, -0.1) is 0 Å². The van der Waals surface area contributed by atoms with Crippen molar-refractivity contribution in [2.45, 2.75) is 38.3 Å². The highest BCUT2D eigenvalue weighted by Crippen LogP contribution is 2.27. The maximum atomic E-state index is 12.7. The molecular weight excluding hydrogens is 364 g/mol. The lowest BCUT2D eigenvalue weighted by atomic mass is 9.94. The smallest absolute Gasteiger partial charge is 0.223 e. The summed E-state index contributed by atoms with van der Waals surface area (Å²) in [5.74, 6) is 1.37. The van der Waals surface area contributed by atoms with E-state index >= 15 is 0 Å². The zero-order valence-electron chi connectivity index (χ0n) is 15.6. The number of sulfone groups is 1. The summed E-state index contributed by atoms with van der Waals surface area (Å²) in [7, 11) is -2.86. The van der Waals surface area contributed by atoms with E-state index in [0.717, 1.165) is 49.1 Å². The lowest BCUT2D eigenvalue weighted by Crippen LogP contribution is -2.45. The number of para-hydroxylation sites is 1. The molecule has 2 aliphatic rings. The summed E-state index contributed by atoms with van der Waals surface area (Å²) in [6.45, 7) is 3.52. The molecule has 0 saturated carbocycles. The van der Waals surface area contributed by atoms with Crippen LogP contribution in [0.2, 0.25) is 0 Å². The molecule has 6 nitrogen and oxygen atoms in total. The zero-order valence-corrected chi connectivity index (χ0v) is 16.4. The van der Waals surface area contributed by atoms with Gasteiger partial charge in [0.05, 0.1) is 17.5 Å². The van der Waals surface area contributed by atoms with Crippen LogP contribution in [0.4, 0.5) is 0 Å². The molecule has 27 heavy (non-hydrogen) atoms. The molecule has 2 aromatic rings. The molecule has 146 valence electrons. The number of fused-ring (bicyclic) bond motifs is 1. The van der Waals surface area contributed by atoms with Gasteiger partial charge in [0.2, 0.25) is 5.91 Å². The topological polar surface area (TPSA) is 79.6 Å². The third-order valence-electron chi connectivity index (χ3n) is 5.86. The van der Waals surface area contributed by atoms with Gasteiger partial charge in [-0.2, -0.15) is 0 Å². The van der Waals surface area contributed by atoms with Crippen LogP contribution in [0.25, 0.3) is 11.0 Å². The van der Waals surface area contributed by atoms with Gasteiger partial charge >= 0.3 is 0 Å². The number of nitrogens with zero attached hydrogens (tertiary/aromatic N) is 1. The lowest BCUT2D eigenvalue weighted by molar-refractivity contribution is -0.127. The Labute approximate surface area is 159 Å². The van der Waals surface area contributed by atoms with E-state index in [4.69, 9.17) is 4.42 Å². The molecule has 2 aliphatic heterocycles. The second-order valence-electron chi connectivity index (χ2n) is 7.78. The lowest BCUT2D eigenvalue weighted by Gasteiger charge is -2.35. The number of hydrogen-bond acceptors (Lipinski definition) is 5. The van der Waals surface area contributed by atoms with Gasteiger partial charge in [0, 0.05) is 17.3 Å². The molecule has 7 heteroatoms. The molecule has 2 unspecified atom stereocenters. The Balaban J connectivity index is 1.31. The quantitative estimate of drug-likeness (QED) is 0.868. The first-order chi connectivity index (χ1) is 12.9. The first kappa shape index (κ1) is 18.5. The zero-order chi connectivity index (χ0) is 19.0. The standard InChI is InChI=1S/C20H26N2O4S/c1-14(19-12-16-4-2-3-5-18(16)26-19)21-20(23)15-6-9-22(10-7-15)17-8-11-27(24,25)13-17/h2-5,12,14-15,17H,6-11,13H2,1H3,(H,21,23). The van der Waals surface area contributed by atoms with Crippen molar-refractivity contribution in [3.63, 3.8) is 0 Å². The van der Waals surface area contributed by atoms with Crippen molar-refractivity contribution in [3.8, 4) is 0 Å². The summed E-state index contributed by atoms with van der Waals surface area (Å²) in [4.78, 5) is 14.9. The average Bonchev–Trinajstić information content (AvgIpc) is 3.25. The van der Waals surface area contributed by atoms with Crippen LogP contribution in [0.1, 0.15) is 38.0 Å². The van der Waals surface area contributed by atoms with Gasteiger partial charge in [-0.25, -0.2) is 8.42 Å². The number of furan rings is 1. The predicted molar refractivity (Wildman–Crippen MR) is 104 cm³/mol. The van der Waals surface area contributed by atoms with Gasteiger partial charge in [-0.1, -0.05) is 18.2 Å². The molecule has 0 radical (unpaired) electrons. The summed E-state index contributed by atoms with van der Waals surface area (Å²) >= 11 is 0. The second-order valence-corrected chi connectivity index (χ2v) is 10.0. The summed E-state index contributed by atoms with van der Waals surface area (Å²) in [5.41, 5.74) is 0.827.